The minimum Gasteiger partial charge on any atom is -0.493 e. The fraction of sp³-hybridized carbons (Fsp3) is 0.345. The molecule has 1 N–H and O–H groups in total. The van der Waals surface area contributed by atoms with Crippen LogP contribution in [0.2, 0.25) is 5.02 Å². The molecule has 0 saturated carbocycles. The molecule has 2 heterocycles. The van der Waals surface area contributed by atoms with Crippen molar-refractivity contribution in [1.82, 2.24) is 4.90 Å². The van der Waals surface area contributed by atoms with Crippen LogP contribution in [0.5, 0.6) is 34.5 Å². The Morgan fingerprint density at radius 3 is 2.58 bits per heavy atom. The average molecular weight is 539 g/mol. The molecule has 0 aromatic heterocycles. The van der Waals surface area contributed by atoms with Crippen molar-refractivity contribution in [2.45, 2.75) is 25.8 Å². The van der Waals surface area contributed by atoms with Crippen molar-refractivity contribution in [1.29, 1.82) is 0 Å². The highest BCUT2D eigenvalue weighted by molar-refractivity contribution is 6.31. The van der Waals surface area contributed by atoms with E-state index in [1.807, 2.05) is 36.4 Å². The van der Waals surface area contributed by atoms with Crippen molar-refractivity contribution < 1.29 is 28.5 Å². The lowest BCUT2D eigenvalue weighted by molar-refractivity contribution is -0.117. The van der Waals surface area contributed by atoms with Gasteiger partial charge in [-0.15, -0.1) is 0 Å². The Hall–Kier alpha value is -3.62. The van der Waals surface area contributed by atoms with Crippen LogP contribution in [0.4, 0.5) is 5.69 Å². The molecule has 5 rings (SSSR count). The molecule has 8 nitrogen and oxygen atoms in total. The van der Waals surface area contributed by atoms with Crippen molar-refractivity contribution in [3.63, 3.8) is 0 Å². The van der Waals surface area contributed by atoms with Gasteiger partial charge in [-0.25, -0.2) is 0 Å². The summed E-state index contributed by atoms with van der Waals surface area (Å²) >= 11 is 6.27. The second-order valence-electron chi connectivity index (χ2n) is 9.18. The first-order valence-electron chi connectivity index (χ1n) is 12.8. The normalized spacial score (nSPS) is 16.4. The number of nitrogens with zero attached hydrogens (tertiary/aromatic N) is 1. The summed E-state index contributed by atoms with van der Waals surface area (Å²) in [6.45, 7) is 3.02. The number of benzene rings is 3. The number of halogens is 1. The fourth-order valence-electron chi connectivity index (χ4n) is 4.54. The van der Waals surface area contributed by atoms with Gasteiger partial charge in [0.15, 0.2) is 28.7 Å². The van der Waals surface area contributed by atoms with E-state index in [1.165, 1.54) is 0 Å². The van der Waals surface area contributed by atoms with E-state index in [9.17, 15) is 4.79 Å². The zero-order valence-corrected chi connectivity index (χ0v) is 22.1. The van der Waals surface area contributed by atoms with E-state index in [0.717, 1.165) is 31.4 Å². The maximum atomic E-state index is 13.3. The fourth-order valence-corrected chi connectivity index (χ4v) is 4.71. The molecule has 9 heteroatoms. The topological polar surface area (TPSA) is 78.5 Å². The maximum Gasteiger partial charge on any atom is 0.238 e. The SMILES string of the molecule is COc1cc(CN2CCCCCOc3ccccc3Oc3ccc(Cl)cc3NC(=O)C2)cc2c1OCCO2. The minimum atomic E-state index is -0.166. The molecule has 0 unspecified atom stereocenters. The Morgan fingerprint density at radius 1 is 0.895 bits per heavy atom. The molecule has 3 aromatic rings. The molecule has 0 aliphatic carbocycles. The van der Waals surface area contributed by atoms with Crippen molar-refractivity contribution in [2.24, 2.45) is 0 Å². The van der Waals surface area contributed by atoms with Gasteiger partial charge >= 0.3 is 0 Å². The van der Waals surface area contributed by atoms with Crippen LogP contribution in [-0.2, 0) is 11.3 Å². The van der Waals surface area contributed by atoms with Crippen LogP contribution in [0.3, 0.4) is 0 Å². The first kappa shape index (κ1) is 26.0. The highest BCUT2D eigenvalue weighted by Crippen LogP contribution is 2.41. The number of hydrogen-bond acceptors (Lipinski definition) is 7. The Morgan fingerprint density at radius 2 is 1.71 bits per heavy atom. The first-order chi connectivity index (χ1) is 18.6. The number of fused-ring (bicyclic) bond motifs is 3. The Balaban J connectivity index is 1.38. The molecule has 0 fully saturated rings. The standard InChI is InChI=1S/C29H31ClN2O6/c1-34-26-15-20(16-27-29(26)37-14-13-36-27)18-32-11-5-2-6-12-35-24-7-3-4-8-25(24)38-23-10-9-21(30)17-22(23)31-28(33)19-32/h3-4,7-10,15-17H,2,5-6,11-14,18-19H2,1H3,(H,31,33). The summed E-state index contributed by atoms with van der Waals surface area (Å²) in [5.74, 6) is 3.45. The van der Waals surface area contributed by atoms with Gasteiger partial charge in [-0.1, -0.05) is 23.7 Å². The molecule has 200 valence electrons. The van der Waals surface area contributed by atoms with Crippen molar-refractivity contribution in [3.8, 4) is 34.5 Å². The quantitative estimate of drug-likeness (QED) is 0.444. The summed E-state index contributed by atoms with van der Waals surface area (Å²) in [7, 11) is 1.61. The van der Waals surface area contributed by atoms with E-state index in [1.54, 1.807) is 25.3 Å². The second-order valence-corrected chi connectivity index (χ2v) is 9.62. The predicted molar refractivity (Wildman–Crippen MR) is 145 cm³/mol. The Labute approximate surface area is 227 Å². The van der Waals surface area contributed by atoms with Crippen LogP contribution < -0.4 is 29.0 Å². The van der Waals surface area contributed by atoms with E-state index >= 15 is 0 Å². The molecular formula is C29H31ClN2O6. The van der Waals surface area contributed by atoms with Gasteiger partial charge in [0.2, 0.25) is 11.7 Å². The molecule has 0 radical (unpaired) electrons. The number of nitrogens with one attached hydrogen (secondary N) is 1. The number of para-hydroxylation sites is 2. The number of methoxy groups -OCH3 is 1. The summed E-state index contributed by atoms with van der Waals surface area (Å²) in [4.78, 5) is 15.4. The lowest BCUT2D eigenvalue weighted by Crippen LogP contribution is -2.34. The summed E-state index contributed by atoms with van der Waals surface area (Å²) in [5.41, 5.74) is 1.47. The molecule has 3 aromatic carbocycles. The number of rotatable bonds is 3. The summed E-state index contributed by atoms with van der Waals surface area (Å²) in [6, 6.07) is 16.6. The van der Waals surface area contributed by atoms with Crippen LogP contribution in [0.1, 0.15) is 24.8 Å². The van der Waals surface area contributed by atoms with E-state index in [2.05, 4.69) is 10.2 Å². The number of hydrogen-bond donors (Lipinski definition) is 1. The number of anilines is 1. The van der Waals surface area contributed by atoms with Gasteiger partial charge in [0.25, 0.3) is 0 Å². The molecule has 38 heavy (non-hydrogen) atoms. The van der Waals surface area contributed by atoms with Crippen molar-refractivity contribution in [3.05, 3.63) is 65.2 Å². The maximum absolute atomic E-state index is 13.3. The van der Waals surface area contributed by atoms with Gasteiger partial charge < -0.3 is 29.0 Å². The first-order valence-corrected chi connectivity index (χ1v) is 13.1. The summed E-state index contributed by atoms with van der Waals surface area (Å²) < 4.78 is 29.3. The van der Waals surface area contributed by atoms with Gasteiger partial charge in [-0.05, 0) is 73.8 Å². The molecule has 2 aliphatic heterocycles. The lowest BCUT2D eigenvalue weighted by Gasteiger charge is -2.25. The highest BCUT2D eigenvalue weighted by atomic mass is 35.5. The van der Waals surface area contributed by atoms with Crippen LogP contribution in [0, 0.1) is 0 Å². The Bertz CT molecular complexity index is 1270. The lowest BCUT2D eigenvalue weighted by atomic mass is 10.1. The number of ether oxygens (including phenoxy) is 5. The zero-order valence-electron chi connectivity index (χ0n) is 21.3. The third-order valence-corrected chi connectivity index (χ3v) is 6.56. The molecular weight excluding hydrogens is 508 g/mol. The minimum absolute atomic E-state index is 0.166. The van der Waals surface area contributed by atoms with Crippen LogP contribution in [0.15, 0.2) is 54.6 Å². The average Bonchev–Trinajstić information content (AvgIpc) is 2.92. The summed E-state index contributed by atoms with van der Waals surface area (Å²) in [5, 5.41) is 3.49. The third-order valence-electron chi connectivity index (χ3n) is 6.32. The second kappa shape index (κ2) is 12.3. The van der Waals surface area contributed by atoms with Crippen LogP contribution in [-0.4, -0.2) is 50.8 Å². The van der Waals surface area contributed by atoms with Crippen molar-refractivity contribution >= 4 is 23.2 Å². The monoisotopic (exact) mass is 538 g/mol. The smallest absolute Gasteiger partial charge is 0.238 e. The Kier molecular flexibility index (Phi) is 8.41. The highest BCUT2D eigenvalue weighted by Gasteiger charge is 2.21. The number of carbonyl (C=O) groups is 1. The predicted octanol–water partition coefficient (Wildman–Crippen LogP) is 5.92. The van der Waals surface area contributed by atoms with Crippen LogP contribution >= 0.6 is 11.6 Å². The van der Waals surface area contributed by atoms with Gasteiger partial charge in [0, 0.05) is 11.6 Å². The molecule has 0 atom stereocenters. The van der Waals surface area contributed by atoms with E-state index in [-0.39, 0.29) is 12.5 Å². The van der Waals surface area contributed by atoms with E-state index in [0.29, 0.717) is 71.6 Å². The molecule has 2 aliphatic rings. The molecule has 0 bridgehead atoms. The molecule has 0 saturated heterocycles. The van der Waals surface area contributed by atoms with E-state index in [4.69, 9.17) is 35.3 Å². The van der Waals surface area contributed by atoms with E-state index < -0.39 is 0 Å². The largest absolute Gasteiger partial charge is 0.493 e. The third kappa shape index (κ3) is 6.44. The number of amides is 1. The van der Waals surface area contributed by atoms with Gasteiger partial charge in [-0.2, -0.15) is 0 Å². The zero-order chi connectivity index (χ0) is 26.3. The van der Waals surface area contributed by atoms with Gasteiger partial charge in [0.05, 0.1) is 25.9 Å². The number of carbonyl (C=O) groups excluding carboxylic acids is 1. The van der Waals surface area contributed by atoms with Gasteiger partial charge in [-0.3, -0.25) is 9.69 Å². The van der Waals surface area contributed by atoms with Gasteiger partial charge in [0.1, 0.15) is 13.2 Å². The molecule has 0 spiro atoms. The summed E-state index contributed by atoms with van der Waals surface area (Å²) in [6.07, 6.45) is 2.76. The van der Waals surface area contributed by atoms with Crippen LogP contribution in [0.25, 0.3) is 0 Å². The van der Waals surface area contributed by atoms with Crippen molar-refractivity contribution in [2.75, 3.05) is 45.3 Å². The molecule has 1 amide bonds.